The van der Waals surface area contributed by atoms with Crippen LogP contribution in [0.4, 0.5) is 0 Å². The first-order chi connectivity index (χ1) is 10.3. The number of hydrogen-bond donors (Lipinski definition) is 1. The second-order valence-electron chi connectivity index (χ2n) is 6.02. The minimum absolute atomic E-state index is 0.419. The summed E-state index contributed by atoms with van der Waals surface area (Å²) in [6.07, 6.45) is 3.53. The summed E-state index contributed by atoms with van der Waals surface area (Å²) < 4.78 is 11.5. The van der Waals surface area contributed by atoms with Gasteiger partial charge in [0.05, 0.1) is 13.2 Å². The Morgan fingerprint density at radius 1 is 1.24 bits per heavy atom. The van der Waals surface area contributed by atoms with Crippen molar-refractivity contribution in [2.75, 3.05) is 33.4 Å². The monoisotopic (exact) mass is 290 g/mol. The molecular weight excluding hydrogens is 264 g/mol. The highest BCUT2D eigenvalue weighted by Gasteiger charge is 2.29. The van der Waals surface area contributed by atoms with Gasteiger partial charge in [-0.2, -0.15) is 0 Å². The molecule has 0 radical (unpaired) electrons. The lowest BCUT2D eigenvalue weighted by atomic mass is 10.0. The summed E-state index contributed by atoms with van der Waals surface area (Å²) in [5, 5.41) is 3.32. The molecule has 0 aliphatic carbocycles. The number of likely N-dealkylation sites (N-methyl/N-ethyl adjacent to an activating group) is 1. The summed E-state index contributed by atoms with van der Waals surface area (Å²) in [7, 11) is 2.04. The van der Waals surface area contributed by atoms with E-state index in [-0.39, 0.29) is 0 Å². The third-order valence-corrected chi connectivity index (χ3v) is 4.61. The number of hydrogen-bond acceptors (Lipinski definition) is 4. The van der Waals surface area contributed by atoms with Crippen LogP contribution >= 0.6 is 0 Å². The third-order valence-electron chi connectivity index (χ3n) is 4.61. The second kappa shape index (κ2) is 6.67. The Morgan fingerprint density at radius 2 is 2.05 bits per heavy atom. The fraction of sp³-hybridized carbons (Fsp3) is 0.647. The van der Waals surface area contributed by atoms with E-state index in [0.29, 0.717) is 12.1 Å². The van der Waals surface area contributed by atoms with E-state index in [0.717, 1.165) is 37.7 Å². The van der Waals surface area contributed by atoms with E-state index >= 15 is 0 Å². The molecule has 1 aromatic rings. The molecule has 4 heteroatoms. The van der Waals surface area contributed by atoms with Crippen LogP contribution in [0.5, 0.6) is 11.5 Å². The van der Waals surface area contributed by atoms with E-state index in [9.17, 15) is 0 Å². The van der Waals surface area contributed by atoms with E-state index < -0.39 is 0 Å². The predicted molar refractivity (Wildman–Crippen MR) is 84.1 cm³/mol. The second-order valence-corrected chi connectivity index (χ2v) is 6.02. The lowest BCUT2D eigenvalue weighted by Crippen LogP contribution is -2.38. The van der Waals surface area contributed by atoms with Gasteiger partial charge in [0.25, 0.3) is 0 Å². The molecule has 2 heterocycles. The van der Waals surface area contributed by atoms with Crippen LogP contribution in [0, 0.1) is 0 Å². The van der Waals surface area contributed by atoms with Crippen molar-refractivity contribution in [3.8, 4) is 11.5 Å². The largest absolute Gasteiger partial charge is 0.490 e. The van der Waals surface area contributed by atoms with Crippen molar-refractivity contribution in [3.05, 3.63) is 23.8 Å². The summed E-state index contributed by atoms with van der Waals surface area (Å²) in [6, 6.07) is 7.48. The van der Waals surface area contributed by atoms with Crippen molar-refractivity contribution in [1.29, 1.82) is 0 Å². The Morgan fingerprint density at radius 3 is 2.86 bits per heavy atom. The average Bonchev–Trinajstić information content (AvgIpc) is 2.82. The number of ether oxygens (including phenoxy) is 2. The molecule has 116 valence electrons. The van der Waals surface area contributed by atoms with Gasteiger partial charge >= 0.3 is 0 Å². The van der Waals surface area contributed by atoms with Crippen molar-refractivity contribution in [3.63, 3.8) is 0 Å². The van der Waals surface area contributed by atoms with Gasteiger partial charge in [0.1, 0.15) is 0 Å². The standard InChI is InChI=1S/C17H26N2O2/c1-13(19-8-3-5-15(19)12-18-2)14-6-7-16-17(11-14)21-10-4-9-20-16/h6-7,11,13,15,18H,3-5,8-10,12H2,1-2H3. The molecule has 2 unspecified atom stereocenters. The zero-order valence-corrected chi connectivity index (χ0v) is 13.1. The van der Waals surface area contributed by atoms with Crippen LogP contribution in [0.25, 0.3) is 0 Å². The van der Waals surface area contributed by atoms with E-state index in [4.69, 9.17) is 9.47 Å². The van der Waals surface area contributed by atoms with Crippen LogP contribution in [0.1, 0.15) is 37.8 Å². The molecule has 2 aliphatic rings. The Labute approximate surface area is 127 Å². The van der Waals surface area contributed by atoms with Gasteiger partial charge in [-0.05, 0) is 51.1 Å². The number of fused-ring (bicyclic) bond motifs is 1. The Hall–Kier alpha value is -1.26. The molecule has 0 amide bonds. The molecule has 3 rings (SSSR count). The predicted octanol–water partition coefficient (Wildman–Crippen LogP) is 2.59. The minimum atomic E-state index is 0.419. The van der Waals surface area contributed by atoms with Crippen LogP contribution in [-0.4, -0.2) is 44.3 Å². The highest BCUT2D eigenvalue weighted by molar-refractivity contribution is 5.44. The van der Waals surface area contributed by atoms with Crippen molar-refractivity contribution in [2.24, 2.45) is 0 Å². The summed E-state index contributed by atoms with van der Waals surface area (Å²) in [5.74, 6) is 1.79. The van der Waals surface area contributed by atoms with Crippen molar-refractivity contribution >= 4 is 0 Å². The van der Waals surface area contributed by atoms with Gasteiger partial charge in [0, 0.05) is 25.0 Å². The molecular formula is C17H26N2O2. The summed E-state index contributed by atoms with van der Waals surface area (Å²) >= 11 is 0. The van der Waals surface area contributed by atoms with Crippen LogP contribution in [0.3, 0.4) is 0 Å². The van der Waals surface area contributed by atoms with E-state index in [1.807, 2.05) is 7.05 Å². The minimum Gasteiger partial charge on any atom is -0.490 e. The lowest BCUT2D eigenvalue weighted by Gasteiger charge is -2.31. The fourth-order valence-corrected chi connectivity index (χ4v) is 3.45. The zero-order chi connectivity index (χ0) is 14.7. The normalized spacial score (nSPS) is 23.8. The van der Waals surface area contributed by atoms with Gasteiger partial charge in [0.2, 0.25) is 0 Å². The first-order valence-electron chi connectivity index (χ1n) is 8.09. The van der Waals surface area contributed by atoms with Gasteiger partial charge in [-0.1, -0.05) is 6.07 Å². The molecule has 0 bridgehead atoms. The molecule has 2 atom stereocenters. The third kappa shape index (κ3) is 3.16. The highest BCUT2D eigenvalue weighted by Crippen LogP contribution is 2.35. The van der Waals surface area contributed by atoms with Crippen molar-refractivity contribution < 1.29 is 9.47 Å². The number of likely N-dealkylation sites (tertiary alicyclic amines) is 1. The zero-order valence-electron chi connectivity index (χ0n) is 13.1. The molecule has 1 fully saturated rings. The molecule has 0 saturated carbocycles. The quantitative estimate of drug-likeness (QED) is 0.924. The number of rotatable bonds is 4. The van der Waals surface area contributed by atoms with Gasteiger partial charge in [-0.25, -0.2) is 0 Å². The molecule has 1 saturated heterocycles. The van der Waals surface area contributed by atoms with E-state index in [1.54, 1.807) is 0 Å². The maximum Gasteiger partial charge on any atom is 0.161 e. The lowest BCUT2D eigenvalue weighted by molar-refractivity contribution is 0.190. The van der Waals surface area contributed by atoms with E-state index in [1.165, 1.54) is 24.9 Å². The smallest absolute Gasteiger partial charge is 0.161 e. The van der Waals surface area contributed by atoms with Crippen LogP contribution in [-0.2, 0) is 0 Å². The molecule has 4 nitrogen and oxygen atoms in total. The maximum atomic E-state index is 5.82. The number of benzene rings is 1. The molecule has 2 aliphatic heterocycles. The van der Waals surface area contributed by atoms with Gasteiger partial charge in [0.15, 0.2) is 11.5 Å². The van der Waals surface area contributed by atoms with Crippen LogP contribution < -0.4 is 14.8 Å². The van der Waals surface area contributed by atoms with Gasteiger partial charge in [-0.3, -0.25) is 4.90 Å². The Bertz CT molecular complexity index is 478. The molecule has 0 aromatic heterocycles. The molecule has 1 N–H and O–H groups in total. The number of nitrogens with one attached hydrogen (secondary N) is 1. The topological polar surface area (TPSA) is 33.7 Å². The molecule has 21 heavy (non-hydrogen) atoms. The first-order valence-corrected chi connectivity index (χ1v) is 8.09. The first kappa shape index (κ1) is 14.7. The summed E-state index contributed by atoms with van der Waals surface area (Å²) in [5.41, 5.74) is 1.32. The summed E-state index contributed by atoms with van der Waals surface area (Å²) in [4.78, 5) is 2.61. The Kier molecular flexibility index (Phi) is 4.66. The fourth-order valence-electron chi connectivity index (χ4n) is 3.45. The van der Waals surface area contributed by atoms with Gasteiger partial charge in [-0.15, -0.1) is 0 Å². The maximum absolute atomic E-state index is 5.82. The molecule has 1 aromatic carbocycles. The summed E-state index contributed by atoms with van der Waals surface area (Å²) in [6.45, 7) is 6.04. The Balaban J connectivity index is 1.78. The average molecular weight is 290 g/mol. The van der Waals surface area contributed by atoms with Crippen molar-refractivity contribution in [2.45, 2.75) is 38.3 Å². The number of nitrogens with zero attached hydrogens (tertiary/aromatic N) is 1. The highest BCUT2D eigenvalue weighted by atomic mass is 16.5. The van der Waals surface area contributed by atoms with E-state index in [2.05, 4.69) is 35.3 Å². The SMILES string of the molecule is CNCC1CCCN1C(C)c1ccc2c(c1)OCCCO2. The van der Waals surface area contributed by atoms with Crippen molar-refractivity contribution in [1.82, 2.24) is 10.2 Å². The van der Waals surface area contributed by atoms with Gasteiger partial charge < -0.3 is 14.8 Å². The van der Waals surface area contributed by atoms with Crippen LogP contribution in [0.15, 0.2) is 18.2 Å². The van der Waals surface area contributed by atoms with Crippen LogP contribution in [0.2, 0.25) is 0 Å². The molecule has 0 spiro atoms.